The highest BCUT2D eigenvalue weighted by molar-refractivity contribution is 6.00. The minimum Gasteiger partial charge on any atom is -0.390 e. The second-order valence-corrected chi connectivity index (χ2v) is 12.6. The van der Waals surface area contributed by atoms with E-state index in [-0.39, 0.29) is 48.0 Å². The van der Waals surface area contributed by atoms with Gasteiger partial charge in [-0.15, -0.1) is 0 Å². The number of nitrogens with zero attached hydrogens (tertiary/aromatic N) is 2. The van der Waals surface area contributed by atoms with E-state index in [0.29, 0.717) is 17.7 Å². The molecule has 2 saturated heterocycles. The molecule has 4 aliphatic heterocycles. The van der Waals surface area contributed by atoms with E-state index < -0.39 is 6.10 Å². The molecule has 0 aliphatic carbocycles. The Bertz CT molecular complexity index is 1250. The van der Waals surface area contributed by atoms with Crippen LogP contribution in [0.2, 0.25) is 0 Å². The highest BCUT2D eigenvalue weighted by Crippen LogP contribution is 2.38. The van der Waals surface area contributed by atoms with Gasteiger partial charge in [-0.2, -0.15) is 0 Å². The Hall–Kier alpha value is -2.74. The summed E-state index contributed by atoms with van der Waals surface area (Å²) in [7, 11) is 1.77. The molecule has 2 fully saturated rings. The minimum atomic E-state index is -0.671. The van der Waals surface area contributed by atoms with E-state index in [0.717, 1.165) is 50.6 Å². The zero-order valence-corrected chi connectivity index (χ0v) is 23.4. The minimum absolute atomic E-state index is 0.0728. The third kappa shape index (κ3) is 4.90. The van der Waals surface area contributed by atoms with Gasteiger partial charge in [0, 0.05) is 61.4 Å². The first-order valence-electron chi connectivity index (χ1n) is 14.5. The van der Waals surface area contributed by atoms with Crippen LogP contribution in [-0.2, 0) is 23.1 Å². The summed E-state index contributed by atoms with van der Waals surface area (Å²) in [6.45, 7) is 5.75. The first-order chi connectivity index (χ1) is 18.7. The second-order valence-electron chi connectivity index (χ2n) is 12.6. The Morgan fingerprint density at radius 1 is 1.13 bits per heavy atom. The Morgan fingerprint density at radius 3 is 2.56 bits per heavy atom. The van der Waals surface area contributed by atoms with Gasteiger partial charge in [0.25, 0.3) is 11.8 Å². The number of β-amino-alcohol motifs (C(OH)–C–C–N with tert-alkyl or cyclic N) is 1. The van der Waals surface area contributed by atoms with E-state index in [1.54, 1.807) is 12.0 Å². The van der Waals surface area contributed by atoms with Crippen LogP contribution in [0.15, 0.2) is 42.5 Å². The molecule has 4 aliphatic rings. The summed E-state index contributed by atoms with van der Waals surface area (Å²) in [5.41, 5.74) is 4.40. The molecule has 2 amide bonds. The lowest BCUT2D eigenvalue weighted by molar-refractivity contribution is -0.0316. The molecule has 0 radical (unpaired) electrons. The van der Waals surface area contributed by atoms with Gasteiger partial charge in [-0.1, -0.05) is 38.1 Å². The number of hydrogen-bond donors (Lipinski definition) is 2. The van der Waals surface area contributed by atoms with Crippen LogP contribution < -0.4 is 5.32 Å². The highest BCUT2D eigenvalue weighted by Gasteiger charge is 2.43. The molecule has 2 aromatic rings. The van der Waals surface area contributed by atoms with Gasteiger partial charge in [-0.3, -0.25) is 9.59 Å². The number of aliphatic hydroxyl groups excluding tert-OH is 1. The van der Waals surface area contributed by atoms with Gasteiger partial charge in [-0.05, 0) is 73.4 Å². The Kier molecular flexibility index (Phi) is 7.02. The van der Waals surface area contributed by atoms with Crippen LogP contribution in [0, 0.1) is 0 Å². The lowest BCUT2D eigenvalue weighted by Crippen LogP contribution is -2.56. The summed E-state index contributed by atoms with van der Waals surface area (Å²) in [5.74, 6) is 0.00294. The van der Waals surface area contributed by atoms with Gasteiger partial charge in [-0.25, -0.2) is 0 Å². The number of aliphatic hydroxyl groups is 1. The van der Waals surface area contributed by atoms with Crippen molar-refractivity contribution < 1.29 is 19.4 Å². The molecule has 0 saturated carbocycles. The molecular weight excluding hydrogens is 490 g/mol. The van der Waals surface area contributed by atoms with Crippen molar-refractivity contribution in [1.29, 1.82) is 0 Å². The van der Waals surface area contributed by atoms with E-state index >= 15 is 0 Å². The molecule has 7 heteroatoms. The van der Waals surface area contributed by atoms with Crippen molar-refractivity contribution in [3.05, 3.63) is 70.3 Å². The summed E-state index contributed by atoms with van der Waals surface area (Å²) >= 11 is 0. The average molecular weight is 532 g/mol. The number of carbonyl (C=O) groups excluding carboxylic acids is 2. The van der Waals surface area contributed by atoms with Gasteiger partial charge in [0.2, 0.25) is 0 Å². The number of carbonyl (C=O) groups is 2. The van der Waals surface area contributed by atoms with Crippen LogP contribution >= 0.6 is 0 Å². The summed E-state index contributed by atoms with van der Waals surface area (Å²) in [5, 5.41) is 14.6. The molecular formula is C32H41N3O4. The third-order valence-corrected chi connectivity index (χ3v) is 9.58. The van der Waals surface area contributed by atoms with E-state index in [1.165, 1.54) is 11.1 Å². The van der Waals surface area contributed by atoms with E-state index in [2.05, 4.69) is 36.2 Å². The van der Waals surface area contributed by atoms with Crippen LogP contribution in [0.4, 0.5) is 0 Å². The molecule has 5 atom stereocenters. The number of amides is 2. The SMILES string of the molecule is CO[C@H]1C[C@H]2CCC[C@@H](C1)N2C(=O)c1ccc2c(c1)C(C)(C)CN(C[C@@H](O)[C@@H]1Cc3ccccc3CN1)C2=O. The van der Waals surface area contributed by atoms with Gasteiger partial charge in [0.15, 0.2) is 0 Å². The number of rotatable bonds is 5. The maximum atomic E-state index is 13.8. The summed E-state index contributed by atoms with van der Waals surface area (Å²) in [6, 6.07) is 14.3. The Morgan fingerprint density at radius 2 is 1.85 bits per heavy atom. The number of piperidine rings is 2. The van der Waals surface area contributed by atoms with Crippen LogP contribution in [0.3, 0.4) is 0 Å². The largest absolute Gasteiger partial charge is 0.390 e. The van der Waals surface area contributed by atoms with Gasteiger partial charge < -0.3 is 25.0 Å². The van der Waals surface area contributed by atoms with Crippen molar-refractivity contribution in [3.63, 3.8) is 0 Å². The first-order valence-corrected chi connectivity index (χ1v) is 14.5. The maximum Gasteiger partial charge on any atom is 0.254 e. The monoisotopic (exact) mass is 531 g/mol. The maximum absolute atomic E-state index is 13.8. The van der Waals surface area contributed by atoms with E-state index in [4.69, 9.17) is 4.74 Å². The predicted octanol–water partition coefficient (Wildman–Crippen LogP) is 3.67. The van der Waals surface area contributed by atoms with Crippen molar-refractivity contribution in [2.75, 3.05) is 20.2 Å². The van der Waals surface area contributed by atoms with E-state index in [9.17, 15) is 14.7 Å². The molecule has 4 heterocycles. The van der Waals surface area contributed by atoms with E-state index in [1.807, 2.05) is 30.3 Å². The molecule has 0 unspecified atom stereocenters. The average Bonchev–Trinajstić information content (AvgIpc) is 2.94. The number of nitrogens with one attached hydrogen (secondary N) is 1. The van der Waals surface area contributed by atoms with Crippen LogP contribution in [0.5, 0.6) is 0 Å². The van der Waals surface area contributed by atoms with Crippen molar-refractivity contribution in [1.82, 2.24) is 15.1 Å². The topological polar surface area (TPSA) is 82.1 Å². The smallest absolute Gasteiger partial charge is 0.254 e. The van der Waals surface area contributed by atoms with Crippen LogP contribution in [-0.4, -0.2) is 77.3 Å². The summed E-state index contributed by atoms with van der Waals surface area (Å²) in [6.07, 6.45) is 5.30. The molecule has 0 spiro atoms. The molecule has 39 heavy (non-hydrogen) atoms. The normalized spacial score (nSPS) is 28.5. The molecule has 208 valence electrons. The molecule has 6 rings (SSSR count). The molecule has 2 aromatic carbocycles. The van der Waals surface area contributed by atoms with Crippen LogP contribution in [0.1, 0.15) is 83.4 Å². The number of methoxy groups -OCH3 is 1. The molecule has 2 N–H and O–H groups in total. The summed E-state index contributed by atoms with van der Waals surface area (Å²) < 4.78 is 5.66. The lowest BCUT2D eigenvalue weighted by atomic mass is 9.76. The fraction of sp³-hybridized carbons (Fsp3) is 0.562. The second kappa shape index (κ2) is 10.3. The number of fused-ring (bicyclic) bond motifs is 4. The van der Waals surface area contributed by atoms with Crippen LogP contribution in [0.25, 0.3) is 0 Å². The zero-order chi connectivity index (χ0) is 27.3. The summed E-state index contributed by atoms with van der Waals surface area (Å²) in [4.78, 5) is 31.3. The third-order valence-electron chi connectivity index (χ3n) is 9.58. The van der Waals surface area contributed by atoms with Crippen molar-refractivity contribution in [3.8, 4) is 0 Å². The van der Waals surface area contributed by atoms with Gasteiger partial charge in [0.1, 0.15) is 0 Å². The fourth-order valence-corrected chi connectivity index (χ4v) is 7.48. The van der Waals surface area contributed by atoms with Crippen molar-refractivity contribution >= 4 is 11.8 Å². The Labute approximate surface area is 231 Å². The lowest BCUT2D eigenvalue weighted by Gasteiger charge is -2.48. The number of ether oxygens (including phenoxy) is 1. The zero-order valence-electron chi connectivity index (χ0n) is 23.4. The first kappa shape index (κ1) is 26.5. The number of benzene rings is 2. The van der Waals surface area contributed by atoms with Gasteiger partial charge >= 0.3 is 0 Å². The Balaban J connectivity index is 1.19. The number of hydrogen-bond acceptors (Lipinski definition) is 5. The molecule has 2 bridgehead atoms. The quantitative estimate of drug-likeness (QED) is 0.616. The van der Waals surface area contributed by atoms with Crippen molar-refractivity contribution in [2.45, 2.75) is 94.7 Å². The highest BCUT2D eigenvalue weighted by atomic mass is 16.5. The fourth-order valence-electron chi connectivity index (χ4n) is 7.48. The van der Waals surface area contributed by atoms with Crippen molar-refractivity contribution in [2.24, 2.45) is 0 Å². The molecule has 7 nitrogen and oxygen atoms in total. The predicted molar refractivity (Wildman–Crippen MR) is 150 cm³/mol. The molecule has 0 aromatic heterocycles. The standard InChI is InChI=1S/C32H41N3O4/c1-32(2)19-34(18-29(36)28-14-20-7-4-5-8-22(20)17-33-28)31(38)26-12-11-21(13-27(26)32)30(37)35-23-9-6-10-24(35)16-25(15-23)39-3/h4-5,7-8,11-13,23-25,28-29,33,36H,6,9-10,14-19H2,1-3H3/t23-,24+,25+,28-,29+/m0/s1. The van der Waals surface area contributed by atoms with Gasteiger partial charge in [0.05, 0.1) is 12.2 Å².